The second-order valence-corrected chi connectivity index (χ2v) is 9.20. The molecule has 0 unspecified atom stereocenters. The molecule has 4 atom stereocenters. The van der Waals surface area contributed by atoms with Crippen molar-refractivity contribution in [3.63, 3.8) is 0 Å². The van der Waals surface area contributed by atoms with E-state index in [9.17, 15) is 4.79 Å². The third-order valence-electron chi connectivity index (χ3n) is 7.55. The third-order valence-corrected chi connectivity index (χ3v) is 7.55. The molecule has 0 aromatic rings. The number of fused-ring (bicyclic) bond motifs is 1. The summed E-state index contributed by atoms with van der Waals surface area (Å²) in [4.78, 5) is 11.8. The highest BCUT2D eigenvalue weighted by molar-refractivity contribution is 5.90. The van der Waals surface area contributed by atoms with Gasteiger partial charge in [0.15, 0.2) is 0 Å². The third kappa shape index (κ3) is 2.38. The summed E-state index contributed by atoms with van der Waals surface area (Å²) in [7, 11) is 0. The van der Waals surface area contributed by atoms with Gasteiger partial charge in [-0.15, -0.1) is 0 Å². The van der Waals surface area contributed by atoms with Crippen LogP contribution in [0.2, 0.25) is 0 Å². The van der Waals surface area contributed by atoms with E-state index in [1.165, 1.54) is 32.1 Å². The van der Waals surface area contributed by atoms with Crippen LogP contribution in [0.3, 0.4) is 0 Å². The number of carbonyl (C=O) groups is 1. The molecule has 1 spiro atoms. The summed E-state index contributed by atoms with van der Waals surface area (Å²) in [6, 6.07) is 0. The van der Waals surface area contributed by atoms with Crippen LogP contribution in [0, 0.1) is 22.7 Å². The lowest BCUT2D eigenvalue weighted by Gasteiger charge is -2.59. The van der Waals surface area contributed by atoms with Crippen molar-refractivity contribution in [1.29, 1.82) is 0 Å². The van der Waals surface area contributed by atoms with Crippen LogP contribution < -0.4 is 0 Å². The van der Waals surface area contributed by atoms with Gasteiger partial charge in [-0.3, -0.25) is 0 Å². The molecule has 23 heavy (non-hydrogen) atoms. The van der Waals surface area contributed by atoms with Crippen LogP contribution in [0.1, 0.15) is 65.7 Å². The number of epoxide rings is 1. The molecule has 2 aliphatic heterocycles. The minimum atomic E-state index is -0.0998. The van der Waals surface area contributed by atoms with Gasteiger partial charge in [0.05, 0.1) is 18.8 Å². The highest BCUT2D eigenvalue weighted by Crippen LogP contribution is 2.66. The lowest BCUT2D eigenvalue weighted by atomic mass is 9.46. The van der Waals surface area contributed by atoms with E-state index < -0.39 is 0 Å². The summed E-state index contributed by atoms with van der Waals surface area (Å²) in [5.41, 5.74) is 1.77. The number of esters is 1. The lowest BCUT2D eigenvalue weighted by molar-refractivity contribution is -0.135. The molecule has 0 N–H and O–H groups in total. The van der Waals surface area contributed by atoms with E-state index in [0.717, 1.165) is 30.9 Å². The number of hydrogen-bond acceptors (Lipinski definition) is 3. The molecule has 2 saturated heterocycles. The first kappa shape index (κ1) is 15.7. The number of carbonyl (C=O) groups excluding carboxylic acids is 1. The topological polar surface area (TPSA) is 38.8 Å². The summed E-state index contributed by atoms with van der Waals surface area (Å²) in [6.45, 7) is 8.92. The van der Waals surface area contributed by atoms with Gasteiger partial charge in [-0.1, -0.05) is 33.3 Å². The van der Waals surface area contributed by atoms with Crippen molar-refractivity contribution in [2.45, 2.75) is 71.3 Å². The predicted octanol–water partition coefficient (Wildman–Crippen LogP) is 4.26. The van der Waals surface area contributed by atoms with E-state index in [1.54, 1.807) is 0 Å². The number of allylic oxidation sites excluding steroid dienone is 1. The van der Waals surface area contributed by atoms with Crippen LogP contribution in [0.4, 0.5) is 0 Å². The molecule has 3 nitrogen and oxygen atoms in total. The maximum Gasteiger partial charge on any atom is 0.333 e. The summed E-state index contributed by atoms with van der Waals surface area (Å²) in [5, 5.41) is 0. The van der Waals surface area contributed by atoms with Crippen molar-refractivity contribution in [3.8, 4) is 0 Å². The number of ether oxygens (including phenoxy) is 2. The monoisotopic (exact) mass is 318 g/mol. The van der Waals surface area contributed by atoms with Gasteiger partial charge in [0.2, 0.25) is 0 Å². The van der Waals surface area contributed by atoms with Crippen LogP contribution in [0.15, 0.2) is 11.6 Å². The SMILES string of the molecule is CC1(C)CCC[C@]2(C)[C@H](C/C=C3\CCOC3=O)[C@]3(CC[C@@H]12)CO3. The molecule has 0 aromatic heterocycles. The average Bonchev–Trinajstić information content (AvgIpc) is 3.12. The second kappa shape index (κ2) is 5.08. The highest BCUT2D eigenvalue weighted by Gasteiger charge is 2.64. The van der Waals surface area contributed by atoms with Gasteiger partial charge in [0, 0.05) is 12.0 Å². The van der Waals surface area contributed by atoms with Crippen molar-refractivity contribution in [2.24, 2.45) is 22.7 Å². The van der Waals surface area contributed by atoms with E-state index in [4.69, 9.17) is 9.47 Å². The van der Waals surface area contributed by atoms with Gasteiger partial charge in [-0.25, -0.2) is 4.79 Å². The Kier molecular flexibility index (Phi) is 3.46. The zero-order chi connectivity index (χ0) is 16.3. The molecule has 0 amide bonds. The van der Waals surface area contributed by atoms with Crippen LogP contribution in [0.25, 0.3) is 0 Å². The van der Waals surface area contributed by atoms with Gasteiger partial charge >= 0.3 is 5.97 Å². The van der Waals surface area contributed by atoms with Crippen LogP contribution in [0.5, 0.6) is 0 Å². The second-order valence-electron chi connectivity index (χ2n) is 9.20. The zero-order valence-electron chi connectivity index (χ0n) is 14.8. The molecule has 2 heterocycles. The molecule has 4 rings (SSSR count). The quantitative estimate of drug-likeness (QED) is 0.434. The van der Waals surface area contributed by atoms with Gasteiger partial charge in [-0.2, -0.15) is 0 Å². The van der Waals surface area contributed by atoms with E-state index in [-0.39, 0.29) is 11.6 Å². The number of cyclic esters (lactones) is 1. The van der Waals surface area contributed by atoms with Crippen molar-refractivity contribution in [3.05, 3.63) is 11.6 Å². The minimum Gasteiger partial charge on any atom is -0.462 e. The Morgan fingerprint density at radius 2 is 2.00 bits per heavy atom. The predicted molar refractivity (Wildman–Crippen MR) is 88.9 cm³/mol. The largest absolute Gasteiger partial charge is 0.462 e. The minimum absolute atomic E-state index is 0.0998. The fourth-order valence-electron chi connectivity index (χ4n) is 6.28. The van der Waals surface area contributed by atoms with Gasteiger partial charge in [-0.05, 0) is 54.8 Å². The van der Waals surface area contributed by atoms with Crippen molar-refractivity contribution in [1.82, 2.24) is 0 Å². The van der Waals surface area contributed by atoms with Crippen molar-refractivity contribution >= 4 is 5.97 Å². The van der Waals surface area contributed by atoms with Crippen LogP contribution in [-0.4, -0.2) is 24.8 Å². The molecule has 0 bridgehead atoms. The molecule has 2 saturated carbocycles. The number of rotatable bonds is 2. The van der Waals surface area contributed by atoms with E-state index >= 15 is 0 Å². The maximum absolute atomic E-state index is 11.8. The van der Waals surface area contributed by atoms with Crippen LogP contribution in [-0.2, 0) is 14.3 Å². The van der Waals surface area contributed by atoms with E-state index in [0.29, 0.717) is 23.4 Å². The molecule has 128 valence electrons. The standard InChI is InChI=1S/C20H30O3/c1-18(2)9-4-10-19(3)15(18)7-11-20(13-23-20)16(19)6-5-14-8-12-22-17(14)21/h5,15-16H,4,6-13H2,1-3H3/b14-5+/t15-,16-,19-,20-/m0/s1. The smallest absolute Gasteiger partial charge is 0.333 e. The molecule has 2 aliphatic carbocycles. The van der Waals surface area contributed by atoms with Gasteiger partial charge < -0.3 is 9.47 Å². The average molecular weight is 318 g/mol. The molecule has 0 radical (unpaired) electrons. The molecule has 3 heteroatoms. The van der Waals surface area contributed by atoms with Crippen molar-refractivity contribution < 1.29 is 14.3 Å². The molecule has 4 aliphatic rings. The van der Waals surface area contributed by atoms with Gasteiger partial charge in [0.1, 0.15) is 0 Å². The Hall–Kier alpha value is -0.830. The highest BCUT2D eigenvalue weighted by atomic mass is 16.6. The lowest BCUT2D eigenvalue weighted by Crippen LogP contribution is -2.54. The Labute approximate surface area is 139 Å². The maximum atomic E-state index is 11.8. The van der Waals surface area contributed by atoms with E-state index in [1.807, 2.05) is 0 Å². The molecular weight excluding hydrogens is 288 g/mol. The summed E-state index contributed by atoms with van der Waals surface area (Å²) < 4.78 is 11.1. The van der Waals surface area contributed by atoms with E-state index in [2.05, 4.69) is 26.8 Å². The first-order valence-corrected chi connectivity index (χ1v) is 9.38. The molecule has 4 fully saturated rings. The molecule has 0 aromatic carbocycles. The Bertz CT molecular complexity index is 543. The first-order chi connectivity index (χ1) is 10.9. The first-order valence-electron chi connectivity index (χ1n) is 9.38. The van der Waals surface area contributed by atoms with Crippen LogP contribution >= 0.6 is 0 Å². The summed E-state index contributed by atoms with van der Waals surface area (Å²) >= 11 is 0. The van der Waals surface area contributed by atoms with Gasteiger partial charge in [0.25, 0.3) is 0 Å². The fourth-order valence-corrected chi connectivity index (χ4v) is 6.28. The summed E-state index contributed by atoms with van der Waals surface area (Å²) in [6.07, 6.45) is 10.4. The zero-order valence-corrected chi connectivity index (χ0v) is 14.8. The molecular formula is C20H30O3. The summed E-state index contributed by atoms with van der Waals surface area (Å²) in [5.74, 6) is 1.23. The number of hydrogen-bond donors (Lipinski definition) is 0. The fraction of sp³-hybridized carbons (Fsp3) is 0.850. The Balaban J connectivity index is 1.63. The Morgan fingerprint density at radius 1 is 1.22 bits per heavy atom. The normalized spacial score (nSPS) is 46.7. The Morgan fingerprint density at radius 3 is 2.65 bits per heavy atom. The van der Waals surface area contributed by atoms with Crippen molar-refractivity contribution in [2.75, 3.05) is 13.2 Å².